The quantitative estimate of drug-likeness (QED) is 0.483. The molecule has 0 aliphatic carbocycles. The fourth-order valence-electron chi connectivity index (χ4n) is 3.94. The SMILES string of the molecule is COc1ccnc(-c2cnc(-n3nc(C(C)O)c4ccc(C(=O)N5CCOCC5)cc43)nc2)c1. The number of carbonyl (C=O) groups excluding carboxylic acids is 1. The molecule has 4 aromatic rings. The van der Waals surface area contributed by atoms with Crippen molar-refractivity contribution in [3.8, 4) is 23.0 Å². The molecule has 1 saturated heterocycles. The lowest BCUT2D eigenvalue weighted by Crippen LogP contribution is -2.40. The molecule has 1 aliphatic heterocycles. The van der Waals surface area contributed by atoms with Gasteiger partial charge in [0.15, 0.2) is 0 Å². The fourth-order valence-corrected chi connectivity index (χ4v) is 3.94. The third-order valence-corrected chi connectivity index (χ3v) is 5.74. The van der Waals surface area contributed by atoms with Gasteiger partial charge in [-0.05, 0) is 25.1 Å². The lowest BCUT2D eigenvalue weighted by Gasteiger charge is -2.26. The van der Waals surface area contributed by atoms with Crippen molar-refractivity contribution in [2.45, 2.75) is 13.0 Å². The predicted octanol–water partition coefficient (Wildman–Crippen LogP) is 2.41. The van der Waals surface area contributed by atoms with Gasteiger partial charge in [0.1, 0.15) is 5.75 Å². The number of rotatable bonds is 5. The molecule has 10 heteroatoms. The molecule has 5 rings (SSSR count). The number of hydrogen-bond acceptors (Lipinski definition) is 8. The van der Waals surface area contributed by atoms with Crippen LogP contribution in [-0.2, 0) is 4.74 Å². The van der Waals surface area contributed by atoms with E-state index in [-0.39, 0.29) is 5.91 Å². The van der Waals surface area contributed by atoms with Crippen molar-refractivity contribution in [3.63, 3.8) is 0 Å². The van der Waals surface area contributed by atoms with E-state index < -0.39 is 6.10 Å². The van der Waals surface area contributed by atoms with Crippen LogP contribution in [0.15, 0.2) is 48.9 Å². The smallest absolute Gasteiger partial charge is 0.254 e. The standard InChI is InChI=1S/C24H24N6O4/c1-15(31)22-19-4-3-16(23(32)29-7-9-34-10-8-29)11-21(19)30(28-22)24-26-13-17(14-27-24)20-12-18(33-2)5-6-25-20/h3-6,11-15,31H,7-10H2,1-2H3. The lowest BCUT2D eigenvalue weighted by molar-refractivity contribution is 0.0303. The Balaban J connectivity index is 1.54. The minimum atomic E-state index is -0.801. The molecule has 1 N–H and O–H groups in total. The average Bonchev–Trinajstić information content (AvgIpc) is 3.28. The fraction of sp³-hybridized carbons (Fsp3) is 0.292. The van der Waals surface area contributed by atoms with Crippen molar-refractivity contribution in [1.82, 2.24) is 29.6 Å². The zero-order valence-corrected chi connectivity index (χ0v) is 18.9. The summed E-state index contributed by atoms with van der Waals surface area (Å²) in [5.41, 5.74) is 3.06. The van der Waals surface area contributed by atoms with Gasteiger partial charge in [0.25, 0.3) is 11.9 Å². The Labute approximate surface area is 195 Å². The van der Waals surface area contributed by atoms with E-state index in [0.29, 0.717) is 60.5 Å². The molecule has 0 bridgehead atoms. The Morgan fingerprint density at radius 2 is 1.88 bits per heavy atom. The number of aliphatic hydroxyl groups is 1. The second-order valence-electron chi connectivity index (χ2n) is 7.96. The third kappa shape index (κ3) is 4.09. The first-order chi connectivity index (χ1) is 16.5. The van der Waals surface area contributed by atoms with Crippen LogP contribution in [0.1, 0.15) is 29.1 Å². The molecule has 3 aromatic heterocycles. The topological polar surface area (TPSA) is 115 Å². The zero-order valence-electron chi connectivity index (χ0n) is 18.9. The number of carbonyl (C=O) groups is 1. The first kappa shape index (κ1) is 21.9. The van der Waals surface area contributed by atoms with Crippen LogP contribution >= 0.6 is 0 Å². The molecule has 1 fully saturated rings. The molecule has 0 saturated carbocycles. The highest BCUT2D eigenvalue weighted by molar-refractivity contribution is 5.98. The Bertz CT molecular complexity index is 1330. The normalized spacial score (nSPS) is 14.9. The van der Waals surface area contributed by atoms with Crippen molar-refractivity contribution in [3.05, 3.63) is 60.2 Å². The maximum Gasteiger partial charge on any atom is 0.254 e. The van der Waals surface area contributed by atoms with E-state index in [1.54, 1.807) is 66.5 Å². The lowest BCUT2D eigenvalue weighted by atomic mass is 10.1. The molecule has 0 spiro atoms. The zero-order chi connectivity index (χ0) is 23.7. The maximum absolute atomic E-state index is 13.0. The number of fused-ring (bicyclic) bond motifs is 1. The first-order valence-corrected chi connectivity index (χ1v) is 11.0. The summed E-state index contributed by atoms with van der Waals surface area (Å²) < 4.78 is 12.2. The average molecular weight is 460 g/mol. The van der Waals surface area contributed by atoms with Gasteiger partial charge in [-0.25, -0.2) is 9.97 Å². The van der Waals surface area contributed by atoms with Crippen molar-refractivity contribution >= 4 is 16.8 Å². The minimum Gasteiger partial charge on any atom is -0.497 e. The van der Waals surface area contributed by atoms with E-state index in [2.05, 4.69) is 20.1 Å². The second-order valence-corrected chi connectivity index (χ2v) is 7.96. The summed E-state index contributed by atoms with van der Waals surface area (Å²) in [6, 6.07) is 8.91. The molecular weight excluding hydrogens is 436 g/mol. The molecule has 1 aromatic carbocycles. The van der Waals surface area contributed by atoms with Gasteiger partial charge < -0.3 is 19.5 Å². The number of morpholine rings is 1. The first-order valence-electron chi connectivity index (χ1n) is 11.0. The number of pyridine rings is 1. The molecule has 4 heterocycles. The van der Waals surface area contributed by atoms with Crippen LogP contribution < -0.4 is 4.74 Å². The van der Waals surface area contributed by atoms with Gasteiger partial charge in [-0.1, -0.05) is 6.07 Å². The summed E-state index contributed by atoms with van der Waals surface area (Å²) >= 11 is 0. The number of aliphatic hydroxyl groups excluding tert-OH is 1. The van der Waals surface area contributed by atoms with E-state index in [9.17, 15) is 9.90 Å². The molecule has 10 nitrogen and oxygen atoms in total. The Morgan fingerprint density at radius 1 is 1.12 bits per heavy atom. The number of amides is 1. The number of benzene rings is 1. The predicted molar refractivity (Wildman–Crippen MR) is 124 cm³/mol. The Morgan fingerprint density at radius 3 is 2.59 bits per heavy atom. The molecule has 1 unspecified atom stereocenters. The Hall–Kier alpha value is -3.89. The molecule has 0 radical (unpaired) electrons. The Kier molecular flexibility index (Phi) is 5.91. The summed E-state index contributed by atoms with van der Waals surface area (Å²) in [6.45, 7) is 3.81. The monoisotopic (exact) mass is 460 g/mol. The van der Waals surface area contributed by atoms with Gasteiger partial charge in [0, 0.05) is 54.3 Å². The van der Waals surface area contributed by atoms with Crippen LogP contribution in [0.3, 0.4) is 0 Å². The van der Waals surface area contributed by atoms with Gasteiger partial charge in [0.05, 0.1) is 43.3 Å². The minimum absolute atomic E-state index is 0.0723. The van der Waals surface area contributed by atoms with Gasteiger partial charge in [-0.2, -0.15) is 9.78 Å². The molecule has 1 atom stereocenters. The van der Waals surface area contributed by atoms with Crippen molar-refractivity contribution in [2.75, 3.05) is 33.4 Å². The summed E-state index contributed by atoms with van der Waals surface area (Å²) in [4.78, 5) is 28.1. The number of aromatic nitrogens is 5. The summed E-state index contributed by atoms with van der Waals surface area (Å²) in [6.07, 6.45) is 4.17. The van der Waals surface area contributed by atoms with E-state index in [0.717, 1.165) is 10.9 Å². The second kappa shape index (κ2) is 9.16. The highest BCUT2D eigenvalue weighted by atomic mass is 16.5. The number of hydrogen-bond donors (Lipinski definition) is 1. The van der Waals surface area contributed by atoms with Crippen LogP contribution in [0.25, 0.3) is 28.1 Å². The highest BCUT2D eigenvalue weighted by Gasteiger charge is 2.22. The summed E-state index contributed by atoms with van der Waals surface area (Å²) in [7, 11) is 1.60. The van der Waals surface area contributed by atoms with Crippen molar-refractivity contribution < 1.29 is 19.4 Å². The van der Waals surface area contributed by atoms with E-state index in [1.165, 1.54) is 0 Å². The van der Waals surface area contributed by atoms with Crippen molar-refractivity contribution in [2.24, 2.45) is 0 Å². The molecule has 34 heavy (non-hydrogen) atoms. The van der Waals surface area contributed by atoms with Gasteiger partial charge in [-0.3, -0.25) is 9.78 Å². The van der Waals surface area contributed by atoms with Crippen LogP contribution in [0.2, 0.25) is 0 Å². The molecule has 1 amide bonds. The molecule has 1 aliphatic rings. The van der Waals surface area contributed by atoms with Crippen LogP contribution in [0, 0.1) is 0 Å². The summed E-state index contributed by atoms with van der Waals surface area (Å²) in [5.74, 6) is 0.933. The van der Waals surface area contributed by atoms with E-state index in [4.69, 9.17) is 9.47 Å². The van der Waals surface area contributed by atoms with Crippen LogP contribution in [-0.4, -0.2) is 74.1 Å². The van der Waals surface area contributed by atoms with E-state index in [1.807, 2.05) is 6.07 Å². The number of nitrogens with zero attached hydrogens (tertiary/aromatic N) is 6. The van der Waals surface area contributed by atoms with Gasteiger partial charge in [0.2, 0.25) is 0 Å². The number of methoxy groups -OCH3 is 1. The maximum atomic E-state index is 13.0. The van der Waals surface area contributed by atoms with Gasteiger partial charge in [-0.15, -0.1) is 0 Å². The number of ether oxygens (including phenoxy) is 2. The van der Waals surface area contributed by atoms with Crippen LogP contribution in [0.4, 0.5) is 0 Å². The molecular formula is C24H24N6O4. The third-order valence-electron chi connectivity index (χ3n) is 5.74. The largest absolute Gasteiger partial charge is 0.497 e. The van der Waals surface area contributed by atoms with Crippen LogP contribution in [0.5, 0.6) is 5.75 Å². The summed E-state index contributed by atoms with van der Waals surface area (Å²) in [5, 5.41) is 15.6. The highest BCUT2D eigenvalue weighted by Crippen LogP contribution is 2.27. The van der Waals surface area contributed by atoms with Crippen molar-refractivity contribution in [1.29, 1.82) is 0 Å². The molecule has 174 valence electrons. The van der Waals surface area contributed by atoms with Gasteiger partial charge >= 0.3 is 0 Å². The van der Waals surface area contributed by atoms with E-state index >= 15 is 0 Å².